The molecule has 1 amide bonds. The molecule has 1 atom stereocenters. The Kier molecular flexibility index (Phi) is 5.33. The number of fused-ring (bicyclic) bond motifs is 1. The quantitative estimate of drug-likeness (QED) is 0.665. The van der Waals surface area contributed by atoms with E-state index in [9.17, 15) is 4.79 Å². The number of nitrogens with zero attached hydrogens (tertiary/aromatic N) is 2. The van der Waals surface area contributed by atoms with Gasteiger partial charge in [0.1, 0.15) is 6.17 Å². The van der Waals surface area contributed by atoms with Crippen LogP contribution in [0, 0.1) is 0 Å². The van der Waals surface area contributed by atoms with Crippen molar-refractivity contribution in [2.75, 3.05) is 23.9 Å². The van der Waals surface area contributed by atoms with Gasteiger partial charge in [0.25, 0.3) is 5.91 Å². The van der Waals surface area contributed by atoms with Gasteiger partial charge in [-0.3, -0.25) is 14.7 Å². The van der Waals surface area contributed by atoms with Gasteiger partial charge in [0, 0.05) is 23.8 Å². The molecule has 0 fully saturated rings. The summed E-state index contributed by atoms with van der Waals surface area (Å²) in [6, 6.07) is 17.0. The first kappa shape index (κ1) is 18.8. The highest BCUT2D eigenvalue weighted by Gasteiger charge is 2.34. The highest BCUT2D eigenvalue weighted by Crippen LogP contribution is 2.39. The molecule has 1 aliphatic rings. The normalized spacial score (nSPS) is 15.4. The zero-order chi connectivity index (χ0) is 20.2. The Labute approximate surface area is 170 Å². The van der Waals surface area contributed by atoms with Crippen LogP contribution in [0.15, 0.2) is 67.0 Å². The zero-order valence-corrected chi connectivity index (χ0v) is 16.5. The standard InChI is InChI=1S/C23H23N3O3/c1-3-14-29-20-9-8-16(15-21(20)28-2)22-25-19-7-5-4-6-18(19)23(27)26(22)17-10-12-24-13-11-17/h4-13,15,22,25H,3,14H2,1-2H3/t22-/m1/s1. The molecule has 29 heavy (non-hydrogen) atoms. The Morgan fingerprint density at radius 1 is 1.07 bits per heavy atom. The van der Waals surface area contributed by atoms with E-state index in [1.807, 2.05) is 54.6 Å². The third kappa shape index (κ3) is 3.61. The first-order chi connectivity index (χ1) is 14.2. The summed E-state index contributed by atoms with van der Waals surface area (Å²) in [4.78, 5) is 19.2. The molecular weight excluding hydrogens is 366 g/mol. The van der Waals surface area contributed by atoms with Crippen molar-refractivity contribution in [2.24, 2.45) is 0 Å². The first-order valence-corrected chi connectivity index (χ1v) is 9.62. The van der Waals surface area contributed by atoms with Crippen molar-refractivity contribution in [1.29, 1.82) is 0 Å². The van der Waals surface area contributed by atoms with Crippen molar-refractivity contribution in [3.8, 4) is 11.5 Å². The first-order valence-electron chi connectivity index (χ1n) is 9.62. The molecule has 0 spiro atoms. The van der Waals surface area contributed by atoms with Crippen LogP contribution in [0.25, 0.3) is 0 Å². The minimum absolute atomic E-state index is 0.0687. The number of para-hydroxylation sites is 1. The largest absolute Gasteiger partial charge is 0.493 e. The average molecular weight is 389 g/mol. The minimum Gasteiger partial charge on any atom is -0.493 e. The lowest BCUT2D eigenvalue weighted by Gasteiger charge is -2.38. The summed E-state index contributed by atoms with van der Waals surface area (Å²) in [5.74, 6) is 1.26. The monoisotopic (exact) mass is 389 g/mol. The summed E-state index contributed by atoms with van der Waals surface area (Å²) < 4.78 is 11.3. The lowest BCUT2D eigenvalue weighted by molar-refractivity contribution is 0.0975. The summed E-state index contributed by atoms with van der Waals surface area (Å²) in [6.45, 7) is 2.68. The topological polar surface area (TPSA) is 63.7 Å². The molecule has 1 aliphatic heterocycles. The number of nitrogens with one attached hydrogen (secondary N) is 1. The fourth-order valence-electron chi connectivity index (χ4n) is 3.44. The van der Waals surface area contributed by atoms with Gasteiger partial charge < -0.3 is 14.8 Å². The molecule has 6 nitrogen and oxygen atoms in total. The highest BCUT2D eigenvalue weighted by molar-refractivity contribution is 6.12. The van der Waals surface area contributed by atoms with Crippen molar-refractivity contribution in [1.82, 2.24) is 4.98 Å². The second kappa shape index (κ2) is 8.22. The van der Waals surface area contributed by atoms with Crippen LogP contribution < -0.4 is 19.7 Å². The van der Waals surface area contributed by atoms with Crippen LogP contribution >= 0.6 is 0 Å². The number of benzene rings is 2. The van der Waals surface area contributed by atoms with Gasteiger partial charge in [-0.25, -0.2) is 0 Å². The van der Waals surface area contributed by atoms with Gasteiger partial charge in [0.05, 0.1) is 19.3 Å². The number of amides is 1. The molecule has 2 aromatic carbocycles. The van der Waals surface area contributed by atoms with E-state index in [0.717, 1.165) is 23.4 Å². The maximum atomic E-state index is 13.4. The molecule has 4 rings (SSSR count). The molecule has 1 N–H and O–H groups in total. The summed E-state index contributed by atoms with van der Waals surface area (Å²) >= 11 is 0. The number of aromatic nitrogens is 1. The molecule has 0 aliphatic carbocycles. The van der Waals surface area contributed by atoms with Gasteiger partial charge in [0.2, 0.25) is 0 Å². The maximum absolute atomic E-state index is 13.4. The second-order valence-corrected chi connectivity index (χ2v) is 6.73. The van der Waals surface area contributed by atoms with Gasteiger partial charge >= 0.3 is 0 Å². The van der Waals surface area contributed by atoms with E-state index in [-0.39, 0.29) is 5.91 Å². The van der Waals surface area contributed by atoms with E-state index in [2.05, 4.69) is 17.2 Å². The van der Waals surface area contributed by atoms with Gasteiger partial charge in [-0.2, -0.15) is 0 Å². The van der Waals surface area contributed by atoms with Gasteiger partial charge in [-0.1, -0.05) is 25.1 Å². The maximum Gasteiger partial charge on any atom is 0.262 e. The van der Waals surface area contributed by atoms with E-state index >= 15 is 0 Å². The number of pyridine rings is 1. The summed E-state index contributed by atoms with van der Waals surface area (Å²) in [7, 11) is 1.62. The average Bonchev–Trinajstić information content (AvgIpc) is 2.78. The number of carbonyl (C=O) groups is 1. The Bertz CT molecular complexity index is 1010. The van der Waals surface area contributed by atoms with E-state index in [1.165, 1.54) is 0 Å². The molecule has 3 aromatic rings. The van der Waals surface area contributed by atoms with Crippen molar-refractivity contribution < 1.29 is 14.3 Å². The lowest BCUT2D eigenvalue weighted by Crippen LogP contribution is -2.43. The van der Waals surface area contributed by atoms with E-state index in [1.54, 1.807) is 24.4 Å². The Morgan fingerprint density at radius 2 is 1.86 bits per heavy atom. The van der Waals surface area contributed by atoms with E-state index in [0.29, 0.717) is 23.7 Å². The summed E-state index contributed by atoms with van der Waals surface area (Å²) in [5, 5.41) is 3.49. The van der Waals surface area contributed by atoms with Gasteiger partial charge in [0.15, 0.2) is 11.5 Å². The van der Waals surface area contributed by atoms with E-state index in [4.69, 9.17) is 9.47 Å². The van der Waals surface area contributed by atoms with Crippen LogP contribution in [-0.4, -0.2) is 24.6 Å². The number of anilines is 2. The van der Waals surface area contributed by atoms with Crippen LogP contribution in [0.4, 0.5) is 11.4 Å². The highest BCUT2D eigenvalue weighted by atomic mass is 16.5. The van der Waals surface area contributed by atoms with Crippen LogP contribution in [0.1, 0.15) is 35.4 Å². The summed E-state index contributed by atoms with van der Waals surface area (Å²) in [6.07, 6.45) is 3.88. The third-order valence-electron chi connectivity index (χ3n) is 4.83. The lowest BCUT2D eigenvalue weighted by atomic mass is 10.0. The molecule has 1 aromatic heterocycles. The number of ether oxygens (including phenoxy) is 2. The predicted molar refractivity (Wildman–Crippen MR) is 113 cm³/mol. The molecule has 148 valence electrons. The zero-order valence-electron chi connectivity index (χ0n) is 16.5. The number of carbonyl (C=O) groups excluding carboxylic acids is 1. The van der Waals surface area contributed by atoms with Crippen LogP contribution in [-0.2, 0) is 0 Å². The van der Waals surface area contributed by atoms with Crippen LogP contribution in [0.2, 0.25) is 0 Å². The smallest absolute Gasteiger partial charge is 0.262 e. The van der Waals surface area contributed by atoms with Gasteiger partial charge in [-0.05, 0) is 48.4 Å². The van der Waals surface area contributed by atoms with Crippen molar-refractivity contribution >= 4 is 17.3 Å². The molecule has 2 heterocycles. The number of hydrogen-bond donors (Lipinski definition) is 1. The Hall–Kier alpha value is -3.54. The molecule has 0 saturated carbocycles. The number of hydrogen-bond acceptors (Lipinski definition) is 5. The fourth-order valence-corrected chi connectivity index (χ4v) is 3.44. The summed E-state index contributed by atoms with van der Waals surface area (Å²) in [5.41, 5.74) is 3.10. The van der Waals surface area contributed by atoms with Crippen molar-refractivity contribution in [3.05, 3.63) is 78.1 Å². The van der Waals surface area contributed by atoms with Crippen molar-refractivity contribution in [3.63, 3.8) is 0 Å². The van der Waals surface area contributed by atoms with Gasteiger partial charge in [-0.15, -0.1) is 0 Å². The minimum atomic E-state index is -0.395. The molecular formula is C23H23N3O3. The predicted octanol–water partition coefficient (Wildman–Crippen LogP) is 4.65. The molecule has 0 saturated heterocycles. The Balaban J connectivity index is 1.79. The van der Waals surface area contributed by atoms with Crippen LogP contribution in [0.5, 0.6) is 11.5 Å². The molecule has 0 unspecified atom stereocenters. The number of methoxy groups -OCH3 is 1. The number of rotatable bonds is 6. The fraction of sp³-hybridized carbons (Fsp3) is 0.217. The van der Waals surface area contributed by atoms with E-state index < -0.39 is 6.17 Å². The molecule has 6 heteroatoms. The second-order valence-electron chi connectivity index (χ2n) is 6.73. The van der Waals surface area contributed by atoms with Crippen LogP contribution in [0.3, 0.4) is 0 Å². The SMILES string of the molecule is CCCOc1ccc([C@@H]2Nc3ccccc3C(=O)N2c2ccncc2)cc1OC. The van der Waals surface area contributed by atoms with Crippen molar-refractivity contribution in [2.45, 2.75) is 19.5 Å². The molecule has 0 radical (unpaired) electrons. The third-order valence-corrected chi connectivity index (χ3v) is 4.83. The molecule has 0 bridgehead atoms. The Morgan fingerprint density at radius 3 is 2.62 bits per heavy atom.